The molecule has 0 bridgehead atoms. The van der Waals surface area contributed by atoms with E-state index in [0.717, 1.165) is 17.0 Å². The fourth-order valence-electron chi connectivity index (χ4n) is 2.22. The van der Waals surface area contributed by atoms with Gasteiger partial charge in [-0.25, -0.2) is 5.43 Å². The van der Waals surface area contributed by atoms with Crippen molar-refractivity contribution in [1.29, 1.82) is 0 Å². The molecule has 3 aromatic carbocycles. The normalized spacial score (nSPS) is 10.2. The molecule has 3 rings (SSSR count). The van der Waals surface area contributed by atoms with E-state index < -0.39 is 0 Å². The van der Waals surface area contributed by atoms with Crippen molar-refractivity contribution in [3.8, 4) is 28.3 Å². The summed E-state index contributed by atoms with van der Waals surface area (Å²) in [6.07, 6.45) is 1.58. The van der Waals surface area contributed by atoms with Crippen molar-refractivity contribution in [3.05, 3.63) is 78.4 Å². The average Bonchev–Trinajstić information content (AvgIpc) is 2.73. The topological polar surface area (TPSA) is 75.1 Å². The van der Waals surface area contributed by atoms with Crippen molar-refractivity contribution in [2.75, 3.05) is 11.8 Å². The van der Waals surface area contributed by atoms with E-state index in [0.29, 0.717) is 11.5 Å². The highest BCUT2D eigenvalue weighted by Crippen LogP contribution is 2.30. The number of ether oxygens (including phenoxy) is 2. The summed E-state index contributed by atoms with van der Waals surface area (Å²) in [6, 6.07) is 21.9. The highest BCUT2D eigenvalue weighted by Gasteiger charge is 2.04. The minimum atomic E-state index is 0.0382. The first-order chi connectivity index (χ1) is 13.7. The van der Waals surface area contributed by atoms with Gasteiger partial charge in [-0.1, -0.05) is 18.2 Å². The van der Waals surface area contributed by atoms with E-state index in [4.69, 9.17) is 9.47 Å². The minimum Gasteiger partial charge on any atom is -0.504 e. The minimum absolute atomic E-state index is 0.0382. The summed E-state index contributed by atoms with van der Waals surface area (Å²) in [7, 11) is 1.63. The predicted molar refractivity (Wildman–Crippen MR) is 113 cm³/mol. The van der Waals surface area contributed by atoms with Gasteiger partial charge in [0.25, 0.3) is 0 Å². The molecule has 0 fully saturated rings. The quantitative estimate of drug-likeness (QED) is 0.243. The summed E-state index contributed by atoms with van der Waals surface area (Å²) in [4.78, 5) is 0. The summed E-state index contributed by atoms with van der Waals surface area (Å²) in [5, 5.41) is 17.0. The number of aromatic hydroxyl groups is 1. The van der Waals surface area contributed by atoms with Crippen molar-refractivity contribution in [2.24, 2.45) is 5.10 Å². The average molecular weight is 393 g/mol. The molecule has 0 atom stereocenters. The molecule has 0 unspecified atom stereocenters. The molecule has 0 spiro atoms. The van der Waals surface area contributed by atoms with Crippen molar-refractivity contribution in [2.45, 2.75) is 0 Å². The molecular weight excluding hydrogens is 374 g/mol. The number of methoxy groups -OCH3 is 1. The number of nitrogens with zero attached hydrogens (tertiary/aromatic N) is 1. The van der Waals surface area contributed by atoms with Gasteiger partial charge in [0.1, 0.15) is 11.5 Å². The molecule has 0 saturated heterocycles. The van der Waals surface area contributed by atoms with E-state index in [1.807, 2.05) is 54.6 Å². The number of phenolic OH excluding ortho intramolecular Hbond substituents is 1. The van der Waals surface area contributed by atoms with Crippen LogP contribution in [0.15, 0.2) is 77.9 Å². The van der Waals surface area contributed by atoms with Crippen molar-refractivity contribution in [3.63, 3.8) is 0 Å². The van der Waals surface area contributed by atoms with Crippen LogP contribution >= 0.6 is 11.4 Å². The Hall–Kier alpha value is -3.67. The summed E-state index contributed by atoms with van der Waals surface area (Å²) in [6.45, 7) is 0. The Bertz CT molecular complexity index is 997. The Morgan fingerprint density at radius 2 is 1.79 bits per heavy atom. The number of benzene rings is 3. The van der Waals surface area contributed by atoms with Gasteiger partial charge in [0.05, 0.1) is 18.6 Å². The van der Waals surface area contributed by atoms with Crippen molar-refractivity contribution in [1.82, 2.24) is 5.43 Å². The zero-order chi connectivity index (χ0) is 19.6. The molecular formula is C21H19N3O3S. The summed E-state index contributed by atoms with van der Waals surface area (Å²) in [5.41, 5.74) is 4.32. The van der Waals surface area contributed by atoms with Crippen LogP contribution in [0.25, 0.3) is 0 Å². The largest absolute Gasteiger partial charge is 0.504 e. The Balaban J connectivity index is 1.51. The second-order valence-electron chi connectivity index (χ2n) is 5.55. The molecule has 142 valence electrons. The van der Waals surface area contributed by atoms with E-state index in [1.165, 1.54) is 11.4 Å². The first-order valence-electron chi connectivity index (χ1n) is 8.39. The lowest BCUT2D eigenvalue weighted by Gasteiger charge is -2.07. The van der Waals surface area contributed by atoms with Crippen LogP contribution in [-0.2, 0) is 0 Å². The number of rotatable bonds is 6. The Morgan fingerprint density at radius 3 is 2.50 bits per heavy atom. The third-order valence-corrected chi connectivity index (χ3v) is 4.12. The Kier molecular flexibility index (Phi) is 6.73. The maximum atomic E-state index is 10.1. The predicted octanol–water partition coefficient (Wildman–Crippen LogP) is 4.79. The molecule has 0 aliphatic carbocycles. The van der Waals surface area contributed by atoms with Gasteiger partial charge in [-0.05, 0) is 60.2 Å². The number of phenols is 1. The molecule has 0 aromatic heterocycles. The number of nitrogens with one attached hydrogen (secondary N) is 2. The van der Waals surface area contributed by atoms with Crippen molar-refractivity contribution < 1.29 is 14.6 Å². The second kappa shape index (κ2) is 9.87. The molecule has 0 amide bonds. The number of hydrazone groups is 1. The summed E-state index contributed by atoms with van der Waals surface area (Å²) < 4.78 is 13.8. The number of hydrogen-bond donors (Lipinski definition) is 3. The van der Waals surface area contributed by atoms with Crippen LogP contribution in [0.1, 0.15) is 5.56 Å². The van der Waals surface area contributed by atoms with E-state index >= 15 is 0 Å². The van der Waals surface area contributed by atoms with Crippen LogP contribution in [-0.4, -0.2) is 18.4 Å². The lowest BCUT2D eigenvalue weighted by Crippen LogP contribution is -1.95. The van der Waals surface area contributed by atoms with E-state index in [9.17, 15) is 5.11 Å². The highest BCUT2D eigenvalue weighted by molar-refractivity contribution is 7.90. The first-order valence-corrected chi connectivity index (χ1v) is 9.21. The van der Waals surface area contributed by atoms with Gasteiger partial charge in [-0.2, -0.15) is 5.10 Å². The van der Waals surface area contributed by atoms with Crippen LogP contribution in [0, 0.1) is 5.31 Å². The van der Waals surface area contributed by atoms with Gasteiger partial charge < -0.3 is 19.3 Å². The van der Waals surface area contributed by atoms with Crippen LogP contribution < -0.4 is 19.6 Å². The number of hydrogen-bond acceptors (Lipinski definition) is 6. The van der Waals surface area contributed by atoms with Gasteiger partial charge in [0.2, 0.25) is 0 Å². The molecule has 0 saturated carbocycles. The van der Waals surface area contributed by atoms with Crippen LogP contribution in [0.4, 0.5) is 5.69 Å². The summed E-state index contributed by atoms with van der Waals surface area (Å²) >= 11 is 1.23. The van der Waals surface area contributed by atoms with Gasteiger partial charge >= 0.3 is 0 Å². The number of para-hydroxylation sites is 1. The molecule has 6 nitrogen and oxygen atoms in total. The molecule has 7 heteroatoms. The fourth-order valence-corrected chi connectivity index (χ4v) is 2.62. The lowest BCUT2D eigenvalue weighted by atomic mass is 10.2. The van der Waals surface area contributed by atoms with Crippen LogP contribution in [0.2, 0.25) is 0 Å². The maximum absolute atomic E-state index is 10.1. The van der Waals surface area contributed by atoms with E-state index in [-0.39, 0.29) is 5.75 Å². The van der Waals surface area contributed by atoms with Gasteiger partial charge in [0, 0.05) is 17.0 Å². The molecule has 0 heterocycles. The molecule has 0 aliphatic heterocycles. The SMILES string of the molecule is COc1ccc(NS#CN/N=C/c2ccc(Oc3ccccc3)c(O)c2)cc1. The van der Waals surface area contributed by atoms with Gasteiger partial charge in [-0.3, -0.25) is 0 Å². The number of anilines is 1. The van der Waals surface area contributed by atoms with Gasteiger partial charge in [-0.15, -0.1) is 0 Å². The monoisotopic (exact) mass is 393 g/mol. The third kappa shape index (κ3) is 5.67. The standard InChI is InChI=1S/C21H19N3O3S/c1-26-18-10-8-17(9-11-18)24-28-15-23-22-14-16-7-12-21(20(25)13-16)27-19-5-3-2-4-6-19/h2-14,23-25H,1H3/b22-14+. The lowest BCUT2D eigenvalue weighted by molar-refractivity contribution is 0.411. The van der Waals surface area contributed by atoms with Gasteiger partial charge in [0.15, 0.2) is 11.5 Å². The third-order valence-electron chi connectivity index (χ3n) is 3.59. The molecule has 28 heavy (non-hydrogen) atoms. The maximum Gasteiger partial charge on any atom is 0.169 e. The zero-order valence-corrected chi connectivity index (χ0v) is 15.9. The first kappa shape index (κ1) is 19.1. The zero-order valence-electron chi connectivity index (χ0n) is 15.1. The Labute approximate surface area is 167 Å². The second-order valence-corrected chi connectivity index (χ2v) is 6.16. The molecule has 0 aliphatic rings. The molecule has 3 aromatic rings. The van der Waals surface area contributed by atoms with E-state index in [1.54, 1.807) is 31.5 Å². The molecule has 3 N–H and O–H groups in total. The van der Waals surface area contributed by atoms with Crippen LogP contribution in [0.3, 0.4) is 0 Å². The Morgan fingerprint density at radius 1 is 1.00 bits per heavy atom. The highest BCUT2D eigenvalue weighted by atomic mass is 32.1. The fraction of sp³-hybridized carbons (Fsp3) is 0.0476. The van der Waals surface area contributed by atoms with E-state index in [2.05, 4.69) is 20.6 Å². The smallest absolute Gasteiger partial charge is 0.169 e. The molecule has 0 radical (unpaired) electrons. The summed E-state index contributed by atoms with van der Waals surface area (Å²) in [5.74, 6) is 1.88. The van der Waals surface area contributed by atoms with Crippen molar-refractivity contribution >= 4 is 23.3 Å². The van der Waals surface area contributed by atoms with Crippen LogP contribution in [0.5, 0.6) is 23.0 Å².